The molecule has 0 aliphatic rings. The van der Waals surface area contributed by atoms with Gasteiger partial charge in [0.15, 0.2) is 0 Å². The normalized spacial score (nSPS) is 10.9. The number of carbonyl (C=O) groups is 1. The third-order valence-corrected chi connectivity index (χ3v) is 4.31. The standard InChI is InChI=1S/C20H18N4O4/c1-14-19(20(26)23(22(14)2)16-8-4-3-5-9-16)21-18(25)12-11-15-7-6-10-17(13-15)24(27)28/h3-13H,1-2H3,(H,21,25)/b12-11+. The third kappa shape index (κ3) is 3.75. The number of amides is 1. The SMILES string of the molecule is Cc1c(NC(=O)/C=C/c2cccc([N+](=O)[O-])c2)c(=O)n(-c2ccccc2)n1C. The summed E-state index contributed by atoms with van der Waals surface area (Å²) in [5.74, 6) is -0.502. The molecule has 1 N–H and O–H groups in total. The first-order chi connectivity index (χ1) is 13.4. The van der Waals surface area contributed by atoms with Crippen LogP contribution < -0.4 is 10.9 Å². The maximum Gasteiger partial charge on any atom is 0.295 e. The van der Waals surface area contributed by atoms with E-state index in [-0.39, 0.29) is 16.9 Å². The number of nitro benzene ring substituents is 1. The summed E-state index contributed by atoms with van der Waals surface area (Å²) in [5.41, 5.74) is 1.57. The number of non-ortho nitro benzene ring substituents is 1. The molecule has 0 fully saturated rings. The first kappa shape index (κ1) is 18.8. The zero-order chi connectivity index (χ0) is 20.3. The van der Waals surface area contributed by atoms with Gasteiger partial charge in [-0.1, -0.05) is 30.3 Å². The average Bonchev–Trinajstić information content (AvgIpc) is 2.90. The number of rotatable bonds is 5. The van der Waals surface area contributed by atoms with E-state index in [0.29, 0.717) is 16.9 Å². The molecule has 1 heterocycles. The van der Waals surface area contributed by atoms with Gasteiger partial charge in [-0.25, -0.2) is 4.68 Å². The van der Waals surface area contributed by atoms with Crippen LogP contribution in [0.5, 0.6) is 0 Å². The number of anilines is 1. The fraction of sp³-hybridized carbons (Fsp3) is 0.100. The number of hydrogen-bond acceptors (Lipinski definition) is 4. The fourth-order valence-electron chi connectivity index (χ4n) is 2.79. The topological polar surface area (TPSA) is 99.2 Å². The van der Waals surface area contributed by atoms with Crippen LogP contribution in [0.2, 0.25) is 0 Å². The number of para-hydroxylation sites is 1. The lowest BCUT2D eigenvalue weighted by molar-refractivity contribution is -0.384. The van der Waals surface area contributed by atoms with Crippen LogP contribution in [0.1, 0.15) is 11.3 Å². The Hall–Kier alpha value is -3.94. The summed E-state index contributed by atoms with van der Waals surface area (Å²) >= 11 is 0. The van der Waals surface area contributed by atoms with E-state index < -0.39 is 10.8 Å². The predicted octanol–water partition coefficient (Wildman–Crippen LogP) is 3.04. The second kappa shape index (κ2) is 7.75. The van der Waals surface area contributed by atoms with Crippen molar-refractivity contribution in [1.29, 1.82) is 0 Å². The Kier molecular flexibility index (Phi) is 5.21. The van der Waals surface area contributed by atoms with Gasteiger partial charge in [0.2, 0.25) is 5.91 Å². The second-order valence-corrected chi connectivity index (χ2v) is 6.11. The van der Waals surface area contributed by atoms with E-state index in [1.807, 2.05) is 18.2 Å². The van der Waals surface area contributed by atoms with Gasteiger partial charge in [0.25, 0.3) is 11.2 Å². The molecule has 0 saturated carbocycles. The van der Waals surface area contributed by atoms with Gasteiger partial charge >= 0.3 is 0 Å². The molecule has 28 heavy (non-hydrogen) atoms. The highest BCUT2D eigenvalue weighted by Crippen LogP contribution is 2.16. The van der Waals surface area contributed by atoms with Crippen molar-refractivity contribution in [1.82, 2.24) is 9.36 Å². The third-order valence-electron chi connectivity index (χ3n) is 4.31. The molecule has 0 saturated heterocycles. The Morgan fingerprint density at radius 3 is 2.54 bits per heavy atom. The minimum absolute atomic E-state index is 0.0628. The van der Waals surface area contributed by atoms with Crippen LogP contribution >= 0.6 is 0 Å². The van der Waals surface area contributed by atoms with Gasteiger partial charge in [-0.15, -0.1) is 0 Å². The largest absolute Gasteiger partial charge is 0.316 e. The molecule has 2 aromatic carbocycles. The van der Waals surface area contributed by atoms with Crippen molar-refractivity contribution < 1.29 is 9.72 Å². The molecule has 8 nitrogen and oxygen atoms in total. The van der Waals surface area contributed by atoms with Gasteiger partial charge in [0.1, 0.15) is 5.69 Å². The number of benzene rings is 2. The van der Waals surface area contributed by atoms with Crippen LogP contribution in [-0.4, -0.2) is 20.2 Å². The summed E-state index contributed by atoms with van der Waals surface area (Å²) in [6.45, 7) is 1.74. The zero-order valence-corrected chi connectivity index (χ0v) is 15.3. The van der Waals surface area contributed by atoms with E-state index in [0.717, 1.165) is 0 Å². The molecule has 0 atom stereocenters. The molecule has 0 aliphatic heterocycles. The molecule has 0 aliphatic carbocycles. The molecule has 142 valence electrons. The van der Waals surface area contributed by atoms with Crippen LogP contribution in [0.4, 0.5) is 11.4 Å². The van der Waals surface area contributed by atoms with Crippen molar-refractivity contribution in [3.05, 3.63) is 92.4 Å². The van der Waals surface area contributed by atoms with Crippen molar-refractivity contribution in [2.24, 2.45) is 7.05 Å². The van der Waals surface area contributed by atoms with Gasteiger partial charge in [-0.2, -0.15) is 0 Å². The van der Waals surface area contributed by atoms with Gasteiger partial charge < -0.3 is 5.32 Å². The van der Waals surface area contributed by atoms with E-state index in [1.54, 1.807) is 36.9 Å². The van der Waals surface area contributed by atoms with Crippen molar-refractivity contribution in [3.63, 3.8) is 0 Å². The lowest BCUT2D eigenvalue weighted by Gasteiger charge is -2.07. The Morgan fingerprint density at radius 2 is 1.86 bits per heavy atom. The van der Waals surface area contributed by atoms with Crippen LogP contribution in [0, 0.1) is 17.0 Å². The zero-order valence-electron chi connectivity index (χ0n) is 15.3. The molecule has 0 spiro atoms. The minimum atomic E-state index is -0.503. The van der Waals surface area contributed by atoms with Crippen LogP contribution in [0.3, 0.4) is 0 Å². The average molecular weight is 378 g/mol. The number of carbonyl (C=O) groups excluding carboxylic acids is 1. The van der Waals surface area contributed by atoms with E-state index in [2.05, 4.69) is 5.32 Å². The van der Waals surface area contributed by atoms with Gasteiger partial charge in [0.05, 0.1) is 16.3 Å². The highest BCUT2D eigenvalue weighted by Gasteiger charge is 2.17. The smallest absolute Gasteiger partial charge is 0.295 e. The fourth-order valence-corrected chi connectivity index (χ4v) is 2.79. The van der Waals surface area contributed by atoms with Crippen molar-refractivity contribution in [3.8, 4) is 5.69 Å². The first-order valence-corrected chi connectivity index (χ1v) is 8.46. The quantitative estimate of drug-likeness (QED) is 0.419. The molecule has 0 unspecified atom stereocenters. The molecule has 1 aromatic heterocycles. The molecule has 1 amide bonds. The molecule has 0 bridgehead atoms. The molecule has 0 radical (unpaired) electrons. The Balaban J connectivity index is 1.84. The molecule has 8 heteroatoms. The summed E-state index contributed by atoms with van der Waals surface area (Å²) in [5, 5.41) is 13.4. The summed E-state index contributed by atoms with van der Waals surface area (Å²) < 4.78 is 3.13. The van der Waals surface area contributed by atoms with Crippen molar-refractivity contribution >= 4 is 23.4 Å². The summed E-state index contributed by atoms with van der Waals surface area (Å²) in [4.78, 5) is 35.4. The Bertz CT molecular complexity index is 1130. The summed E-state index contributed by atoms with van der Waals surface area (Å²) in [6, 6.07) is 15.0. The first-order valence-electron chi connectivity index (χ1n) is 8.46. The number of hydrogen-bond donors (Lipinski definition) is 1. The molecular formula is C20H18N4O4. The highest BCUT2D eigenvalue weighted by molar-refractivity contribution is 6.02. The number of nitrogens with one attached hydrogen (secondary N) is 1. The van der Waals surface area contributed by atoms with Crippen molar-refractivity contribution in [2.75, 3.05) is 5.32 Å². The lowest BCUT2D eigenvalue weighted by Crippen LogP contribution is -2.22. The van der Waals surface area contributed by atoms with Crippen LogP contribution in [0.25, 0.3) is 11.8 Å². The van der Waals surface area contributed by atoms with Gasteiger partial charge in [0, 0.05) is 25.3 Å². The van der Waals surface area contributed by atoms with E-state index in [1.165, 1.54) is 35.0 Å². The van der Waals surface area contributed by atoms with Crippen molar-refractivity contribution in [2.45, 2.75) is 6.92 Å². The Labute approximate surface area is 160 Å². The van der Waals surface area contributed by atoms with E-state index >= 15 is 0 Å². The lowest BCUT2D eigenvalue weighted by atomic mass is 10.2. The molecular weight excluding hydrogens is 360 g/mol. The van der Waals surface area contributed by atoms with Crippen LogP contribution in [0.15, 0.2) is 65.5 Å². The molecule has 3 rings (SSSR count). The van der Waals surface area contributed by atoms with E-state index in [9.17, 15) is 19.7 Å². The summed E-state index contributed by atoms with van der Waals surface area (Å²) in [6.07, 6.45) is 2.69. The Morgan fingerprint density at radius 1 is 1.14 bits per heavy atom. The summed E-state index contributed by atoms with van der Waals surface area (Å²) in [7, 11) is 1.73. The maximum atomic E-state index is 12.8. The number of nitro groups is 1. The second-order valence-electron chi connectivity index (χ2n) is 6.11. The van der Waals surface area contributed by atoms with E-state index in [4.69, 9.17) is 0 Å². The van der Waals surface area contributed by atoms with Gasteiger partial charge in [-0.3, -0.25) is 24.4 Å². The maximum absolute atomic E-state index is 12.8. The van der Waals surface area contributed by atoms with Crippen LogP contribution in [-0.2, 0) is 11.8 Å². The predicted molar refractivity (Wildman–Crippen MR) is 107 cm³/mol. The number of nitrogens with zero attached hydrogens (tertiary/aromatic N) is 3. The highest BCUT2D eigenvalue weighted by atomic mass is 16.6. The van der Waals surface area contributed by atoms with Gasteiger partial charge in [-0.05, 0) is 30.7 Å². The monoisotopic (exact) mass is 378 g/mol. The number of aromatic nitrogens is 2. The minimum Gasteiger partial charge on any atom is -0.316 e. The molecule has 3 aromatic rings.